The first-order valence-electron chi connectivity index (χ1n) is 7.10. The van der Waals surface area contributed by atoms with E-state index in [4.69, 9.17) is 32.7 Å². The quantitative estimate of drug-likeness (QED) is 0.811. The van der Waals surface area contributed by atoms with Crippen molar-refractivity contribution in [1.29, 1.82) is 0 Å². The molecule has 1 amide bonds. The third kappa shape index (κ3) is 4.78. The Morgan fingerprint density at radius 2 is 1.74 bits per heavy atom. The second kappa shape index (κ2) is 8.09. The average molecular weight is 354 g/mol. The van der Waals surface area contributed by atoms with E-state index in [0.29, 0.717) is 27.9 Å². The molecule has 0 aromatic heterocycles. The summed E-state index contributed by atoms with van der Waals surface area (Å²) in [5.41, 5.74) is 0.571. The summed E-state index contributed by atoms with van der Waals surface area (Å²) in [6.07, 6.45) is -0.0861. The molecule has 0 unspecified atom stereocenters. The van der Waals surface area contributed by atoms with Crippen molar-refractivity contribution in [2.24, 2.45) is 0 Å². The first-order chi connectivity index (χ1) is 11.0. The van der Waals surface area contributed by atoms with Crippen LogP contribution in [0.15, 0.2) is 42.5 Å². The predicted molar refractivity (Wildman–Crippen MR) is 92.8 cm³/mol. The van der Waals surface area contributed by atoms with Crippen LogP contribution in [0.25, 0.3) is 0 Å². The van der Waals surface area contributed by atoms with Gasteiger partial charge in [-0.2, -0.15) is 0 Å². The van der Waals surface area contributed by atoms with Crippen LogP contribution in [0.1, 0.15) is 13.3 Å². The Kier molecular flexibility index (Phi) is 6.13. The SMILES string of the molecule is CC[C@@H](Oc1ccc(OC)cc1)C(=O)Nc1ccc(Cl)c(Cl)c1. The van der Waals surface area contributed by atoms with Gasteiger partial charge in [-0.25, -0.2) is 0 Å². The molecule has 0 aliphatic rings. The molecule has 0 heterocycles. The van der Waals surface area contributed by atoms with E-state index in [-0.39, 0.29) is 5.91 Å². The van der Waals surface area contributed by atoms with E-state index in [1.54, 1.807) is 49.6 Å². The van der Waals surface area contributed by atoms with E-state index in [1.807, 2.05) is 6.92 Å². The molecule has 0 bridgehead atoms. The minimum absolute atomic E-state index is 0.248. The summed E-state index contributed by atoms with van der Waals surface area (Å²) in [6, 6.07) is 12.0. The van der Waals surface area contributed by atoms with Crippen LogP contribution in [-0.4, -0.2) is 19.1 Å². The summed E-state index contributed by atoms with van der Waals surface area (Å²) in [4.78, 5) is 12.3. The number of rotatable bonds is 6. The van der Waals surface area contributed by atoms with Gasteiger partial charge in [0.05, 0.1) is 17.2 Å². The van der Waals surface area contributed by atoms with E-state index >= 15 is 0 Å². The third-order valence-corrected chi connectivity index (χ3v) is 3.93. The van der Waals surface area contributed by atoms with Gasteiger partial charge in [0.15, 0.2) is 6.10 Å². The summed E-state index contributed by atoms with van der Waals surface area (Å²) in [6.45, 7) is 1.88. The Hall–Kier alpha value is -1.91. The van der Waals surface area contributed by atoms with Crippen LogP contribution in [0.3, 0.4) is 0 Å². The van der Waals surface area contributed by atoms with Gasteiger partial charge in [0.1, 0.15) is 11.5 Å². The lowest BCUT2D eigenvalue weighted by Crippen LogP contribution is -2.32. The van der Waals surface area contributed by atoms with Crippen LogP contribution >= 0.6 is 23.2 Å². The molecule has 2 aromatic rings. The van der Waals surface area contributed by atoms with E-state index in [0.717, 1.165) is 5.75 Å². The van der Waals surface area contributed by atoms with Gasteiger partial charge in [0, 0.05) is 5.69 Å². The summed E-state index contributed by atoms with van der Waals surface area (Å²) < 4.78 is 10.8. The zero-order valence-electron chi connectivity index (χ0n) is 12.8. The standard InChI is InChI=1S/C17H17Cl2NO3/c1-3-16(23-13-7-5-12(22-2)6-8-13)17(21)20-11-4-9-14(18)15(19)10-11/h4-10,16H,3H2,1-2H3,(H,20,21)/t16-/m1/s1. The zero-order chi connectivity index (χ0) is 16.8. The monoisotopic (exact) mass is 353 g/mol. The lowest BCUT2D eigenvalue weighted by molar-refractivity contribution is -0.122. The molecule has 6 heteroatoms. The molecule has 1 N–H and O–H groups in total. The van der Waals surface area contributed by atoms with Gasteiger partial charge in [-0.15, -0.1) is 0 Å². The maximum absolute atomic E-state index is 12.3. The van der Waals surface area contributed by atoms with Crippen molar-refractivity contribution < 1.29 is 14.3 Å². The minimum Gasteiger partial charge on any atom is -0.497 e. The fourth-order valence-electron chi connectivity index (χ4n) is 1.94. The summed E-state index contributed by atoms with van der Waals surface area (Å²) >= 11 is 11.8. The number of halogens is 2. The Labute approximate surface area is 145 Å². The van der Waals surface area contributed by atoms with E-state index in [9.17, 15) is 4.79 Å². The average Bonchev–Trinajstić information content (AvgIpc) is 2.56. The second-order valence-electron chi connectivity index (χ2n) is 4.81. The number of benzene rings is 2. The van der Waals surface area contributed by atoms with Crippen molar-refractivity contribution in [3.05, 3.63) is 52.5 Å². The molecule has 4 nitrogen and oxygen atoms in total. The van der Waals surface area contributed by atoms with Gasteiger partial charge in [-0.1, -0.05) is 30.1 Å². The van der Waals surface area contributed by atoms with Crippen molar-refractivity contribution in [1.82, 2.24) is 0 Å². The highest BCUT2D eigenvalue weighted by Crippen LogP contribution is 2.25. The Bertz CT molecular complexity index is 674. The van der Waals surface area contributed by atoms with Crippen LogP contribution in [0, 0.1) is 0 Å². The molecule has 23 heavy (non-hydrogen) atoms. The number of anilines is 1. The van der Waals surface area contributed by atoms with Crippen molar-refractivity contribution >= 4 is 34.8 Å². The minimum atomic E-state index is -0.613. The van der Waals surface area contributed by atoms with Gasteiger partial charge in [0.25, 0.3) is 5.91 Å². The molecule has 122 valence electrons. The molecule has 0 aliphatic carbocycles. The van der Waals surface area contributed by atoms with E-state index in [1.165, 1.54) is 0 Å². The third-order valence-electron chi connectivity index (χ3n) is 3.19. The largest absolute Gasteiger partial charge is 0.497 e. The van der Waals surface area contributed by atoms with Gasteiger partial charge < -0.3 is 14.8 Å². The number of methoxy groups -OCH3 is 1. The molecule has 0 aliphatic heterocycles. The lowest BCUT2D eigenvalue weighted by atomic mass is 10.2. The molecular formula is C17H17Cl2NO3. The van der Waals surface area contributed by atoms with Crippen molar-refractivity contribution in [2.45, 2.75) is 19.4 Å². The molecule has 0 saturated heterocycles. The van der Waals surface area contributed by atoms with Crippen LogP contribution < -0.4 is 14.8 Å². The summed E-state index contributed by atoms with van der Waals surface area (Å²) in [5, 5.41) is 3.59. The zero-order valence-corrected chi connectivity index (χ0v) is 14.3. The smallest absolute Gasteiger partial charge is 0.265 e. The Morgan fingerprint density at radius 3 is 2.30 bits per heavy atom. The van der Waals surface area contributed by atoms with E-state index in [2.05, 4.69) is 5.32 Å². The normalized spacial score (nSPS) is 11.7. The number of carbonyl (C=O) groups excluding carboxylic acids is 1. The number of hydrogen-bond acceptors (Lipinski definition) is 3. The highest BCUT2D eigenvalue weighted by atomic mass is 35.5. The van der Waals surface area contributed by atoms with Crippen LogP contribution in [0.2, 0.25) is 10.0 Å². The molecule has 0 fully saturated rings. The molecule has 2 rings (SSSR count). The maximum atomic E-state index is 12.3. The van der Waals surface area contributed by atoms with Gasteiger partial charge in [-0.3, -0.25) is 4.79 Å². The Balaban J connectivity index is 2.03. The molecule has 0 saturated carbocycles. The van der Waals surface area contributed by atoms with Crippen molar-refractivity contribution in [3.8, 4) is 11.5 Å². The van der Waals surface area contributed by atoms with Crippen LogP contribution in [0.5, 0.6) is 11.5 Å². The number of carbonyl (C=O) groups is 1. The topological polar surface area (TPSA) is 47.6 Å². The molecule has 1 atom stereocenters. The first-order valence-corrected chi connectivity index (χ1v) is 7.85. The van der Waals surface area contributed by atoms with Crippen molar-refractivity contribution in [3.63, 3.8) is 0 Å². The lowest BCUT2D eigenvalue weighted by Gasteiger charge is -2.17. The van der Waals surface area contributed by atoms with Crippen LogP contribution in [0.4, 0.5) is 5.69 Å². The predicted octanol–water partition coefficient (Wildman–Crippen LogP) is 4.80. The Morgan fingerprint density at radius 1 is 1.09 bits per heavy atom. The fourth-order valence-corrected chi connectivity index (χ4v) is 2.24. The molecule has 0 radical (unpaired) electrons. The molecule has 2 aromatic carbocycles. The number of nitrogens with one attached hydrogen (secondary N) is 1. The van der Waals surface area contributed by atoms with E-state index < -0.39 is 6.10 Å². The highest BCUT2D eigenvalue weighted by molar-refractivity contribution is 6.42. The van der Waals surface area contributed by atoms with Crippen molar-refractivity contribution in [2.75, 3.05) is 12.4 Å². The second-order valence-corrected chi connectivity index (χ2v) is 5.62. The molecule has 0 spiro atoms. The van der Waals surface area contributed by atoms with Crippen LogP contribution in [-0.2, 0) is 4.79 Å². The van der Waals surface area contributed by atoms with Gasteiger partial charge in [0.2, 0.25) is 0 Å². The van der Waals surface area contributed by atoms with Gasteiger partial charge in [-0.05, 0) is 48.9 Å². The summed E-state index contributed by atoms with van der Waals surface area (Å²) in [7, 11) is 1.59. The number of hydrogen-bond donors (Lipinski definition) is 1. The highest BCUT2D eigenvalue weighted by Gasteiger charge is 2.19. The fraction of sp³-hybridized carbons (Fsp3) is 0.235. The first kappa shape index (κ1) is 17.4. The molecular weight excluding hydrogens is 337 g/mol. The van der Waals surface area contributed by atoms with Gasteiger partial charge >= 0.3 is 0 Å². The maximum Gasteiger partial charge on any atom is 0.265 e. The number of amides is 1. The summed E-state index contributed by atoms with van der Waals surface area (Å²) in [5.74, 6) is 1.08. The number of ether oxygens (including phenoxy) is 2.